The number of pyridine rings is 1. The van der Waals surface area contributed by atoms with Crippen molar-refractivity contribution in [1.82, 2.24) is 19.9 Å². The minimum absolute atomic E-state index is 0.134. The van der Waals surface area contributed by atoms with Crippen molar-refractivity contribution in [3.05, 3.63) is 47.4 Å². The highest BCUT2D eigenvalue weighted by molar-refractivity contribution is 5.92. The minimum Gasteiger partial charge on any atom is -0.469 e. The molecule has 186 valence electrons. The molecule has 0 aliphatic carbocycles. The number of amides is 1. The maximum absolute atomic E-state index is 13.2. The molecule has 1 amide bonds. The van der Waals surface area contributed by atoms with Gasteiger partial charge in [-0.1, -0.05) is 6.07 Å². The summed E-state index contributed by atoms with van der Waals surface area (Å²) in [4.78, 5) is 33.2. The van der Waals surface area contributed by atoms with E-state index in [2.05, 4.69) is 10.3 Å². The van der Waals surface area contributed by atoms with Gasteiger partial charge in [-0.15, -0.1) is 0 Å². The van der Waals surface area contributed by atoms with Gasteiger partial charge in [0.05, 0.1) is 49.5 Å². The molecule has 0 spiro atoms. The van der Waals surface area contributed by atoms with E-state index in [4.69, 9.17) is 14.5 Å². The van der Waals surface area contributed by atoms with Gasteiger partial charge in [-0.3, -0.25) is 14.5 Å². The van der Waals surface area contributed by atoms with Crippen LogP contribution in [0.15, 0.2) is 30.3 Å². The smallest absolute Gasteiger partial charge is 0.433 e. The van der Waals surface area contributed by atoms with E-state index in [-0.39, 0.29) is 24.2 Å². The van der Waals surface area contributed by atoms with Crippen LogP contribution in [-0.4, -0.2) is 53.8 Å². The summed E-state index contributed by atoms with van der Waals surface area (Å²) in [7, 11) is 3.08. The van der Waals surface area contributed by atoms with E-state index < -0.39 is 11.9 Å². The molecule has 1 saturated heterocycles. The lowest BCUT2D eigenvalue weighted by atomic mass is 10.0. The van der Waals surface area contributed by atoms with Gasteiger partial charge in [-0.05, 0) is 24.3 Å². The van der Waals surface area contributed by atoms with Crippen molar-refractivity contribution in [2.45, 2.75) is 25.1 Å². The Morgan fingerprint density at radius 2 is 2.14 bits per heavy atom. The standard InChI is InChI=1S/C23H24F3N5O4/c1-30-17-11-14(31(13-32)20-5-3-4-18(28-20)23(24,25)26)10-15(16-12-35-9-8-27-16)22(17)29-19(30)6-7-21(33)34-2/h3-5,10-11,13,16,27H,6-9,12H2,1-2H3. The number of methoxy groups -OCH3 is 1. The van der Waals surface area contributed by atoms with Crippen LogP contribution in [0.2, 0.25) is 0 Å². The van der Waals surface area contributed by atoms with E-state index in [1.54, 1.807) is 23.7 Å². The van der Waals surface area contributed by atoms with Crippen molar-refractivity contribution < 1.29 is 32.2 Å². The predicted octanol–water partition coefficient (Wildman–Crippen LogP) is 3.05. The van der Waals surface area contributed by atoms with Gasteiger partial charge in [0, 0.05) is 25.6 Å². The van der Waals surface area contributed by atoms with E-state index in [0.717, 1.165) is 16.5 Å². The molecule has 12 heteroatoms. The molecule has 1 aliphatic heterocycles. The molecule has 1 N–H and O–H groups in total. The third-order valence-corrected chi connectivity index (χ3v) is 5.83. The van der Waals surface area contributed by atoms with Gasteiger partial charge < -0.3 is 19.4 Å². The Morgan fingerprint density at radius 1 is 1.34 bits per heavy atom. The molecular formula is C23H24F3N5O4. The number of halogens is 3. The van der Waals surface area contributed by atoms with Crippen molar-refractivity contribution in [2.24, 2.45) is 7.05 Å². The van der Waals surface area contributed by atoms with Crippen LogP contribution in [0, 0.1) is 0 Å². The van der Waals surface area contributed by atoms with Crippen molar-refractivity contribution in [2.75, 3.05) is 31.8 Å². The number of ether oxygens (including phenoxy) is 2. The molecule has 35 heavy (non-hydrogen) atoms. The van der Waals surface area contributed by atoms with Gasteiger partial charge in [-0.2, -0.15) is 13.2 Å². The van der Waals surface area contributed by atoms with Crippen molar-refractivity contribution in [3.63, 3.8) is 0 Å². The molecule has 2 aromatic heterocycles. The van der Waals surface area contributed by atoms with Crippen LogP contribution in [0.4, 0.5) is 24.7 Å². The Labute approximate surface area is 198 Å². The molecule has 1 fully saturated rings. The minimum atomic E-state index is -4.65. The summed E-state index contributed by atoms with van der Waals surface area (Å²) in [5.74, 6) is 0.0829. The second kappa shape index (κ2) is 10.0. The maximum Gasteiger partial charge on any atom is 0.433 e. The van der Waals surface area contributed by atoms with E-state index >= 15 is 0 Å². The Balaban J connectivity index is 1.83. The van der Waals surface area contributed by atoms with Gasteiger partial charge in [0.15, 0.2) is 0 Å². The zero-order chi connectivity index (χ0) is 25.2. The molecule has 3 aromatic rings. The fraction of sp³-hybridized carbons (Fsp3) is 0.391. The number of aromatic nitrogens is 3. The van der Waals surface area contributed by atoms with Gasteiger partial charge in [0.2, 0.25) is 6.41 Å². The van der Waals surface area contributed by atoms with Crippen LogP contribution in [0.3, 0.4) is 0 Å². The number of morpholine rings is 1. The number of aryl methyl sites for hydroxylation is 2. The van der Waals surface area contributed by atoms with Gasteiger partial charge >= 0.3 is 12.1 Å². The fourth-order valence-corrected chi connectivity index (χ4v) is 4.02. The number of carbonyl (C=O) groups excluding carboxylic acids is 2. The summed E-state index contributed by atoms with van der Waals surface area (Å²) in [6.07, 6.45) is -3.77. The van der Waals surface area contributed by atoms with E-state index in [1.807, 2.05) is 0 Å². The lowest BCUT2D eigenvalue weighted by Crippen LogP contribution is -2.34. The highest BCUT2D eigenvalue weighted by Crippen LogP contribution is 2.35. The first-order chi connectivity index (χ1) is 16.7. The Kier molecular flexibility index (Phi) is 7.03. The lowest BCUT2D eigenvalue weighted by molar-refractivity contribution is -0.141. The fourth-order valence-electron chi connectivity index (χ4n) is 4.02. The van der Waals surface area contributed by atoms with Crippen LogP contribution >= 0.6 is 0 Å². The highest BCUT2D eigenvalue weighted by atomic mass is 19.4. The summed E-state index contributed by atoms with van der Waals surface area (Å²) >= 11 is 0. The molecule has 1 atom stereocenters. The molecular weight excluding hydrogens is 467 g/mol. The lowest BCUT2D eigenvalue weighted by Gasteiger charge is -2.26. The average Bonchev–Trinajstić information content (AvgIpc) is 3.18. The van der Waals surface area contributed by atoms with E-state index in [9.17, 15) is 22.8 Å². The zero-order valence-electron chi connectivity index (χ0n) is 19.1. The molecule has 1 unspecified atom stereocenters. The summed E-state index contributed by atoms with van der Waals surface area (Å²) in [6, 6.07) is 6.49. The second-order valence-electron chi connectivity index (χ2n) is 8.00. The monoisotopic (exact) mass is 491 g/mol. The molecule has 3 heterocycles. The quantitative estimate of drug-likeness (QED) is 0.401. The van der Waals surface area contributed by atoms with Crippen LogP contribution in [0.1, 0.15) is 29.5 Å². The van der Waals surface area contributed by atoms with Crippen molar-refractivity contribution in [3.8, 4) is 0 Å². The van der Waals surface area contributed by atoms with Gasteiger partial charge in [-0.25, -0.2) is 9.97 Å². The third kappa shape index (κ3) is 5.13. The number of nitrogens with zero attached hydrogens (tertiary/aromatic N) is 4. The first-order valence-electron chi connectivity index (χ1n) is 10.9. The van der Waals surface area contributed by atoms with E-state index in [0.29, 0.717) is 55.1 Å². The molecule has 1 aliphatic rings. The van der Waals surface area contributed by atoms with E-state index in [1.165, 1.54) is 19.2 Å². The number of alkyl halides is 3. The predicted molar refractivity (Wildman–Crippen MR) is 120 cm³/mol. The molecule has 1 aromatic carbocycles. The number of benzene rings is 1. The number of carbonyl (C=O) groups is 2. The maximum atomic E-state index is 13.2. The second-order valence-corrected chi connectivity index (χ2v) is 8.00. The normalized spacial score (nSPS) is 16.3. The number of esters is 1. The third-order valence-electron chi connectivity index (χ3n) is 5.83. The van der Waals surface area contributed by atoms with Crippen LogP contribution in [0.5, 0.6) is 0 Å². The molecule has 0 bridgehead atoms. The average molecular weight is 491 g/mol. The number of hydrogen-bond acceptors (Lipinski definition) is 7. The number of imidazole rings is 1. The number of hydrogen-bond donors (Lipinski definition) is 1. The number of fused-ring (bicyclic) bond motifs is 1. The van der Waals surface area contributed by atoms with Crippen LogP contribution in [-0.2, 0) is 38.7 Å². The first-order valence-corrected chi connectivity index (χ1v) is 10.9. The van der Waals surface area contributed by atoms with Crippen LogP contribution < -0.4 is 10.2 Å². The molecule has 9 nitrogen and oxygen atoms in total. The Morgan fingerprint density at radius 3 is 2.80 bits per heavy atom. The topological polar surface area (TPSA) is 98.6 Å². The summed E-state index contributed by atoms with van der Waals surface area (Å²) in [5.41, 5.74) is 1.22. The van der Waals surface area contributed by atoms with Gasteiger partial charge in [0.25, 0.3) is 0 Å². The summed E-state index contributed by atoms with van der Waals surface area (Å²) in [5, 5.41) is 3.35. The first kappa shape index (κ1) is 24.6. The molecule has 4 rings (SSSR count). The Hall–Kier alpha value is -3.51. The summed E-state index contributed by atoms with van der Waals surface area (Å²) in [6.45, 7) is 1.50. The number of anilines is 2. The van der Waals surface area contributed by atoms with Crippen LogP contribution in [0.25, 0.3) is 11.0 Å². The van der Waals surface area contributed by atoms with Gasteiger partial charge in [0.1, 0.15) is 17.3 Å². The molecule has 0 radical (unpaired) electrons. The largest absolute Gasteiger partial charge is 0.469 e. The Bertz CT molecular complexity index is 1240. The number of nitrogens with one attached hydrogen (secondary N) is 1. The number of rotatable bonds is 7. The summed E-state index contributed by atoms with van der Waals surface area (Å²) < 4.78 is 51.8. The molecule has 0 saturated carbocycles. The highest BCUT2D eigenvalue weighted by Gasteiger charge is 2.33. The van der Waals surface area contributed by atoms with Crippen molar-refractivity contribution in [1.29, 1.82) is 0 Å². The van der Waals surface area contributed by atoms with Crippen molar-refractivity contribution >= 4 is 34.9 Å². The SMILES string of the molecule is COC(=O)CCc1nc2c(C3COCCN3)cc(N(C=O)c3cccc(C(F)(F)F)n3)cc2n1C. The zero-order valence-corrected chi connectivity index (χ0v) is 19.1.